The number of aromatic nitrogens is 2. The van der Waals surface area contributed by atoms with Crippen LogP contribution < -0.4 is 10.6 Å². The first-order valence-corrected chi connectivity index (χ1v) is 10.9. The highest BCUT2D eigenvalue weighted by molar-refractivity contribution is 6.64. The predicted octanol–water partition coefficient (Wildman–Crippen LogP) is 5.66. The smallest absolute Gasteiger partial charge is 0.194 e. The maximum Gasteiger partial charge on any atom is 0.194 e. The summed E-state index contributed by atoms with van der Waals surface area (Å²) in [5.74, 6) is 0. The highest BCUT2D eigenvalue weighted by Gasteiger charge is 2.24. The lowest BCUT2D eigenvalue weighted by Gasteiger charge is -2.29. The van der Waals surface area contributed by atoms with E-state index in [2.05, 4.69) is 74.8 Å². The summed E-state index contributed by atoms with van der Waals surface area (Å²) in [4.78, 5) is 9.26. The Morgan fingerprint density at radius 2 is 1.41 bits per heavy atom. The zero-order valence-corrected chi connectivity index (χ0v) is 17.9. The molecule has 0 fully saturated rings. The Morgan fingerprint density at radius 1 is 0.750 bits per heavy atom. The Balaban J connectivity index is 1.37. The van der Waals surface area contributed by atoms with Crippen molar-refractivity contribution in [1.82, 2.24) is 20.2 Å². The Labute approximate surface area is 190 Å². The minimum atomic E-state index is -0.239. The molecule has 0 bridgehead atoms. The Morgan fingerprint density at radius 3 is 2.06 bits per heavy atom. The predicted molar refractivity (Wildman–Crippen MR) is 130 cm³/mol. The monoisotopic (exact) mass is 437 g/mol. The van der Waals surface area contributed by atoms with Gasteiger partial charge in [-0.1, -0.05) is 66.7 Å². The van der Waals surface area contributed by atoms with Crippen molar-refractivity contribution < 1.29 is 0 Å². The molecule has 0 saturated carbocycles. The molecule has 156 valence electrons. The molecule has 5 nitrogen and oxygen atoms in total. The summed E-state index contributed by atoms with van der Waals surface area (Å²) in [6.07, 6.45) is 1.44. The zero-order valence-electron chi connectivity index (χ0n) is 17.1. The number of hydrogen-bond acceptors (Lipinski definition) is 4. The van der Waals surface area contributed by atoms with Gasteiger partial charge in [0.15, 0.2) is 5.29 Å². The van der Waals surface area contributed by atoms with Crippen molar-refractivity contribution in [3.8, 4) is 5.69 Å². The summed E-state index contributed by atoms with van der Waals surface area (Å²) in [7, 11) is 0. The maximum atomic E-state index is 6.32. The Hall–Kier alpha value is -3.67. The highest BCUT2D eigenvalue weighted by atomic mass is 35.5. The Bertz CT molecular complexity index is 1390. The normalized spacial score (nSPS) is 18.5. The van der Waals surface area contributed by atoms with Crippen molar-refractivity contribution in [3.05, 3.63) is 108 Å². The van der Waals surface area contributed by atoms with Crippen molar-refractivity contribution >= 4 is 38.7 Å². The van der Waals surface area contributed by atoms with Crippen LogP contribution in [0.25, 0.3) is 27.5 Å². The van der Waals surface area contributed by atoms with Crippen molar-refractivity contribution in [2.75, 3.05) is 0 Å². The molecule has 5 aromatic rings. The molecular formula is C26H20ClN5. The van der Waals surface area contributed by atoms with Crippen LogP contribution in [0, 0.1) is 0 Å². The molecule has 1 aliphatic heterocycles. The molecule has 1 aliphatic rings. The second kappa shape index (κ2) is 7.79. The first-order chi connectivity index (χ1) is 15.8. The third-order valence-electron chi connectivity index (χ3n) is 5.85. The third-order valence-corrected chi connectivity index (χ3v) is 6.06. The second-order valence-corrected chi connectivity index (χ2v) is 8.15. The van der Waals surface area contributed by atoms with E-state index in [1.54, 1.807) is 0 Å². The molecule has 3 heterocycles. The minimum absolute atomic E-state index is 0.228. The van der Waals surface area contributed by atoms with Gasteiger partial charge in [0.05, 0.1) is 28.6 Å². The second-order valence-electron chi connectivity index (χ2n) is 7.79. The van der Waals surface area contributed by atoms with Gasteiger partial charge < -0.3 is 9.88 Å². The number of fused-ring (bicyclic) bond motifs is 3. The number of amidine groups is 1. The van der Waals surface area contributed by atoms with Crippen LogP contribution in [0.15, 0.2) is 102 Å². The average molecular weight is 438 g/mol. The van der Waals surface area contributed by atoms with Gasteiger partial charge >= 0.3 is 0 Å². The summed E-state index contributed by atoms with van der Waals surface area (Å²) < 4.78 is 2.25. The molecule has 3 aromatic carbocycles. The summed E-state index contributed by atoms with van der Waals surface area (Å²) in [6, 6.07) is 31.1. The average Bonchev–Trinajstić information content (AvgIpc) is 3.19. The van der Waals surface area contributed by atoms with E-state index in [1.807, 2.05) is 42.6 Å². The minimum Gasteiger partial charge on any atom is -0.340 e. The summed E-state index contributed by atoms with van der Waals surface area (Å²) in [6.45, 7) is 0. The van der Waals surface area contributed by atoms with E-state index in [9.17, 15) is 0 Å². The molecule has 6 heteroatoms. The lowest BCUT2D eigenvalue weighted by molar-refractivity contribution is 0.405. The molecule has 0 spiro atoms. The van der Waals surface area contributed by atoms with E-state index in [4.69, 9.17) is 16.6 Å². The van der Waals surface area contributed by atoms with Gasteiger partial charge in [-0.15, -0.1) is 0 Å². The van der Waals surface area contributed by atoms with Crippen molar-refractivity contribution in [3.63, 3.8) is 0 Å². The van der Waals surface area contributed by atoms with Crippen LogP contribution in [0.5, 0.6) is 0 Å². The lowest BCUT2D eigenvalue weighted by atomic mass is 10.1. The molecule has 2 unspecified atom stereocenters. The van der Waals surface area contributed by atoms with Crippen molar-refractivity contribution in [1.29, 1.82) is 0 Å². The molecular weight excluding hydrogens is 418 g/mol. The molecule has 2 aromatic heterocycles. The van der Waals surface area contributed by atoms with E-state index < -0.39 is 0 Å². The van der Waals surface area contributed by atoms with Gasteiger partial charge in [-0.2, -0.15) is 0 Å². The van der Waals surface area contributed by atoms with Gasteiger partial charge in [-0.25, -0.2) is 4.99 Å². The number of pyridine rings is 1. The number of halogens is 1. The Kier molecular flexibility index (Phi) is 4.63. The van der Waals surface area contributed by atoms with Crippen LogP contribution in [0.4, 0.5) is 0 Å². The molecule has 32 heavy (non-hydrogen) atoms. The van der Waals surface area contributed by atoms with Crippen LogP contribution in [0.1, 0.15) is 23.6 Å². The van der Waals surface area contributed by atoms with Crippen LogP contribution in [-0.2, 0) is 0 Å². The number of benzene rings is 3. The van der Waals surface area contributed by atoms with Gasteiger partial charge in [0.2, 0.25) is 0 Å². The maximum absolute atomic E-state index is 6.32. The molecule has 2 N–H and O–H groups in total. The molecule has 0 amide bonds. The van der Waals surface area contributed by atoms with Gasteiger partial charge in [-0.3, -0.25) is 10.3 Å². The first-order valence-electron chi connectivity index (χ1n) is 10.5. The summed E-state index contributed by atoms with van der Waals surface area (Å²) in [5.41, 5.74) is 5.25. The van der Waals surface area contributed by atoms with Gasteiger partial charge in [-0.05, 0) is 41.4 Å². The lowest BCUT2D eigenvalue weighted by Crippen LogP contribution is -2.43. The van der Waals surface area contributed by atoms with Crippen LogP contribution in [0.2, 0.25) is 0 Å². The fourth-order valence-corrected chi connectivity index (χ4v) is 4.58. The molecule has 2 atom stereocenters. The number of nitrogens with zero attached hydrogens (tertiary/aromatic N) is 3. The van der Waals surface area contributed by atoms with Crippen molar-refractivity contribution in [2.45, 2.75) is 12.3 Å². The van der Waals surface area contributed by atoms with Crippen LogP contribution >= 0.6 is 11.6 Å². The fourth-order valence-electron chi connectivity index (χ4n) is 4.37. The first kappa shape index (κ1) is 19.0. The number of rotatable bonds is 3. The SMILES string of the molecule is ClC1=NC(c2ccccc2)NC(c2ccc(-n3c4ccccc4c4ccccc43)cn2)N1. The van der Waals surface area contributed by atoms with E-state index >= 15 is 0 Å². The molecule has 6 rings (SSSR count). The molecule has 0 aliphatic carbocycles. The van der Waals surface area contributed by atoms with Gasteiger partial charge in [0.25, 0.3) is 0 Å². The highest BCUT2D eigenvalue weighted by Crippen LogP contribution is 2.32. The number of aliphatic imine (C=N–C) groups is 1. The topological polar surface area (TPSA) is 54.2 Å². The largest absolute Gasteiger partial charge is 0.340 e. The number of nitrogens with one attached hydrogen (secondary N) is 2. The van der Waals surface area contributed by atoms with Crippen molar-refractivity contribution in [2.24, 2.45) is 4.99 Å². The molecule has 0 radical (unpaired) electrons. The van der Waals surface area contributed by atoms with Crippen LogP contribution in [0.3, 0.4) is 0 Å². The number of para-hydroxylation sites is 2. The van der Waals surface area contributed by atoms with E-state index in [0.29, 0.717) is 5.29 Å². The van der Waals surface area contributed by atoms with Crippen LogP contribution in [-0.4, -0.2) is 14.8 Å². The van der Waals surface area contributed by atoms with E-state index in [1.165, 1.54) is 10.8 Å². The third kappa shape index (κ3) is 3.23. The fraction of sp³-hybridized carbons (Fsp3) is 0.0769. The van der Waals surface area contributed by atoms with E-state index in [0.717, 1.165) is 28.0 Å². The molecule has 0 saturated heterocycles. The van der Waals surface area contributed by atoms with Gasteiger partial charge in [0.1, 0.15) is 12.3 Å². The van der Waals surface area contributed by atoms with Gasteiger partial charge in [0, 0.05) is 10.8 Å². The quantitative estimate of drug-likeness (QED) is 0.358. The standard InChI is InChI=1S/C26H20ClN5/c27-26-30-24(17-8-2-1-3-9-17)29-25(31-26)21-15-14-18(16-28-21)32-22-12-6-4-10-19(22)20-11-5-7-13-23(20)32/h1-16,24-25,29H,(H,30,31). The summed E-state index contributed by atoms with van der Waals surface area (Å²) in [5, 5.41) is 9.50. The zero-order chi connectivity index (χ0) is 21.5. The number of hydrogen-bond donors (Lipinski definition) is 2. The summed E-state index contributed by atoms with van der Waals surface area (Å²) >= 11 is 6.32. The van der Waals surface area contributed by atoms with E-state index in [-0.39, 0.29) is 12.3 Å².